The summed E-state index contributed by atoms with van der Waals surface area (Å²) >= 11 is 0. The number of likely N-dealkylation sites (tertiary alicyclic amines) is 1. The van der Waals surface area contributed by atoms with Gasteiger partial charge in [0.05, 0.1) is 20.3 Å². The lowest BCUT2D eigenvalue weighted by molar-refractivity contribution is 0.205. The summed E-state index contributed by atoms with van der Waals surface area (Å²) in [5.41, 5.74) is 3.78. The van der Waals surface area contributed by atoms with Crippen LogP contribution in [0.3, 0.4) is 0 Å². The van der Waals surface area contributed by atoms with Crippen LogP contribution in [0.25, 0.3) is 0 Å². The molecule has 0 amide bonds. The molecule has 3 aromatic carbocycles. The molecule has 0 saturated carbocycles. The second-order valence-electron chi connectivity index (χ2n) is 9.38. The van der Waals surface area contributed by atoms with Crippen LogP contribution in [0.1, 0.15) is 54.2 Å². The summed E-state index contributed by atoms with van der Waals surface area (Å²) in [6.07, 6.45) is 5.14. The fourth-order valence-electron chi connectivity index (χ4n) is 5.35. The summed E-state index contributed by atoms with van der Waals surface area (Å²) in [6, 6.07) is 25.6. The minimum atomic E-state index is 0.213. The maximum absolute atomic E-state index is 6.22. The Labute approximate surface area is 203 Å². The first-order valence-electron chi connectivity index (χ1n) is 12.6. The van der Waals surface area contributed by atoms with E-state index in [0.29, 0.717) is 6.61 Å². The number of piperidine rings is 1. The zero-order chi connectivity index (χ0) is 23.2. The van der Waals surface area contributed by atoms with Gasteiger partial charge in [0.25, 0.3) is 0 Å². The second kappa shape index (κ2) is 11.0. The van der Waals surface area contributed by atoms with Gasteiger partial charge < -0.3 is 19.1 Å². The van der Waals surface area contributed by atoms with Crippen LogP contribution in [0.15, 0.2) is 72.8 Å². The fraction of sp³-hybridized carbons (Fsp3) is 0.400. The minimum absolute atomic E-state index is 0.213. The first-order valence-corrected chi connectivity index (χ1v) is 12.6. The van der Waals surface area contributed by atoms with Crippen molar-refractivity contribution in [3.05, 3.63) is 89.5 Å². The molecule has 1 saturated heterocycles. The summed E-state index contributed by atoms with van der Waals surface area (Å²) in [7, 11) is 1.69. The highest BCUT2D eigenvalue weighted by Gasteiger charge is 2.33. The van der Waals surface area contributed by atoms with Crippen molar-refractivity contribution in [2.75, 3.05) is 40.0 Å². The van der Waals surface area contributed by atoms with Crippen LogP contribution in [0.5, 0.6) is 17.2 Å². The van der Waals surface area contributed by atoms with Crippen LogP contribution in [-0.4, -0.2) is 44.9 Å². The molecule has 2 unspecified atom stereocenters. The van der Waals surface area contributed by atoms with E-state index >= 15 is 0 Å². The zero-order valence-electron chi connectivity index (χ0n) is 20.1. The van der Waals surface area contributed by atoms with E-state index in [0.717, 1.165) is 36.8 Å². The van der Waals surface area contributed by atoms with Crippen LogP contribution < -0.4 is 14.2 Å². The third-order valence-electron chi connectivity index (χ3n) is 7.18. The predicted molar refractivity (Wildman–Crippen MR) is 136 cm³/mol. The van der Waals surface area contributed by atoms with Gasteiger partial charge in [0, 0.05) is 30.0 Å². The molecule has 0 spiro atoms. The Morgan fingerprint density at radius 3 is 2.38 bits per heavy atom. The molecule has 0 bridgehead atoms. The van der Waals surface area contributed by atoms with Crippen molar-refractivity contribution >= 4 is 0 Å². The van der Waals surface area contributed by atoms with Gasteiger partial charge in [0.2, 0.25) is 0 Å². The molecule has 2 heterocycles. The molecular formula is C30H35NO3. The van der Waals surface area contributed by atoms with Crippen molar-refractivity contribution in [1.82, 2.24) is 4.90 Å². The molecule has 4 nitrogen and oxygen atoms in total. The van der Waals surface area contributed by atoms with Crippen molar-refractivity contribution in [2.45, 2.75) is 37.5 Å². The number of ether oxygens (including phenoxy) is 3. The highest BCUT2D eigenvalue weighted by Crippen LogP contribution is 2.47. The smallest absolute Gasteiger partial charge is 0.126 e. The standard InChI is InChI=1S/C30H35NO3/c1-32-26-15-16-27-29(21-26)34-22-28(23-9-4-2-5-10-23)30(27)24-11-13-25(14-12-24)33-20-8-19-31-17-6-3-7-18-31/h2,4-5,9-16,21,28,30H,3,6-8,17-20,22H2,1H3. The molecule has 3 aromatic rings. The molecule has 5 rings (SSSR count). The Balaban J connectivity index is 1.31. The quantitative estimate of drug-likeness (QED) is 0.374. The third-order valence-corrected chi connectivity index (χ3v) is 7.18. The molecule has 4 heteroatoms. The van der Waals surface area contributed by atoms with E-state index in [4.69, 9.17) is 14.2 Å². The average molecular weight is 458 g/mol. The lowest BCUT2D eigenvalue weighted by Gasteiger charge is -2.34. The number of benzene rings is 3. The number of hydrogen-bond donors (Lipinski definition) is 0. The van der Waals surface area contributed by atoms with E-state index < -0.39 is 0 Å². The summed E-state index contributed by atoms with van der Waals surface area (Å²) in [5, 5.41) is 0. The predicted octanol–water partition coefficient (Wildman–Crippen LogP) is 6.26. The minimum Gasteiger partial charge on any atom is -0.497 e. The van der Waals surface area contributed by atoms with Gasteiger partial charge in [0.1, 0.15) is 17.2 Å². The van der Waals surface area contributed by atoms with E-state index in [9.17, 15) is 0 Å². The topological polar surface area (TPSA) is 30.9 Å². The highest BCUT2D eigenvalue weighted by atomic mass is 16.5. The summed E-state index contributed by atoms with van der Waals surface area (Å²) < 4.78 is 17.7. The first kappa shape index (κ1) is 22.8. The second-order valence-corrected chi connectivity index (χ2v) is 9.38. The van der Waals surface area contributed by atoms with E-state index in [-0.39, 0.29) is 11.8 Å². The van der Waals surface area contributed by atoms with E-state index in [2.05, 4.69) is 65.6 Å². The van der Waals surface area contributed by atoms with E-state index in [1.807, 2.05) is 12.1 Å². The van der Waals surface area contributed by atoms with Gasteiger partial charge in [-0.1, -0.05) is 55.0 Å². The van der Waals surface area contributed by atoms with Crippen LogP contribution in [0, 0.1) is 0 Å². The molecular weight excluding hydrogens is 422 g/mol. The molecule has 178 valence electrons. The number of methoxy groups -OCH3 is 1. The van der Waals surface area contributed by atoms with Gasteiger partial charge in [-0.3, -0.25) is 0 Å². The largest absolute Gasteiger partial charge is 0.497 e. The molecule has 0 aromatic heterocycles. The van der Waals surface area contributed by atoms with Crippen LogP contribution >= 0.6 is 0 Å². The molecule has 2 aliphatic heterocycles. The Hall–Kier alpha value is -2.98. The summed E-state index contributed by atoms with van der Waals surface area (Å²) in [6.45, 7) is 5.04. The van der Waals surface area contributed by atoms with Gasteiger partial charge in [0.15, 0.2) is 0 Å². The lowest BCUT2D eigenvalue weighted by Crippen LogP contribution is -2.31. The average Bonchev–Trinajstić information content (AvgIpc) is 2.91. The molecule has 0 radical (unpaired) electrons. The fourth-order valence-corrected chi connectivity index (χ4v) is 5.35. The van der Waals surface area contributed by atoms with Crippen LogP contribution in [0.4, 0.5) is 0 Å². The SMILES string of the molecule is COc1ccc2c(c1)OCC(c1ccccc1)C2c1ccc(OCCCN2CCCCC2)cc1. The van der Waals surface area contributed by atoms with Crippen molar-refractivity contribution < 1.29 is 14.2 Å². The van der Waals surface area contributed by atoms with Crippen molar-refractivity contribution in [3.8, 4) is 17.2 Å². The Morgan fingerprint density at radius 2 is 1.62 bits per heavy atom. The molecule has 2 aliphatic rings. The van der Waals surface area contributed by atoms with E-state index in [1.165, 1.54) is 49.0 Å². The molecule has 34 heavy (non-hydrogen) atoms. The number of fused-ring (bicyclic) bond motifs is 1. The first-order chi connectivity index (χ1) is 16.8. The lowest BCUT2D eigenvalue weighted by atomic mass is 9.76. The van der Waals surface area contributed by atoms with Gasteiger partial charge in [-0.15, -0.1) is 0 Å². The number of nitrogens with zero attached hydrogens (tertiary/aromatic N) is 1. The molecule has 0 aliphatic carbocycles. The third kappa shape index (κ3) is 5.23. The van der Waals surface area contributed by atoms with Gasteiger partial charge >= 0.3 is 0 Å². The van der Waals surface area contributed by atoms with Crippen molar-refractivity contribution in [1.29, 1.82) is 0 Å². The molecule has 1 fully saturated rings. The Bertz CT molecular complexity index is 1040. The number of hydrogen-bond acceptors (Lipinski definition) is 4. The van der Waals surface area contributed by atoms with Crippen LogP contribution in [0.2, 0.25) is 0 Å². The van der Waals surface area contributed by atoms with Gasteiger partial charge in [-0.2, -0.15) is 0 Å². The molecule has 0 N–H and O–H groups in total. The summed E-state index contributed by atoms with van der Waals surface area (Å²) in [5.74, 6) is 3.14. The molecule has 2 atom stereocenters. The van der Waals surface area contributed by atoms with Crippen molar-refractivity contribution in [3.63, 3.8) is 0 Å². The zero-order valence-corrected chi connectivity index (χ0v) is 20.1. The maximum Gasteiger partial charge on any atom is 0.126 e. The number of rotatable bonds is 8. The Kier molecular flexibility index (Phi) is 7.35. The normalized spacial score (nSPS) is 20.3. The van der Waals surface area contributed by atoms with Gasteiger partial charge in [-0.25, -0.2) is 0 Å². The Morgan fingerprint density at radius 1 is 0.853 bits per heavy atom. The van der Waals surface area contributed by atoms with Gasteiger partial charge in [-0.05, 0) is 61.7 Å². The van der Waals surface area contributed by atoms with E-state index in [1.54, 1.807) is 7.11 Å². The maximum atomic E-state index is 6.22. The van der Waals surface area contributed by atoms with Crippen molar-refractivity contribution in [2.24, 2.45) is 0 Å². The monoisotopic (exact) mass is 457 g/mol. The highest BCUT2D eigenvalue weighted by molar-refractivity contribution is 5.51. The summed E-state index contributed by atoms with van der Waals surface area (Å²) in [4.78, 5) is 2.57. The van der Waals surface area contributed by atoms with Crippen LogP contribution in [-0.2, 0) is 0 Å².